The predicted octanol–water partition coefficient (Wildman–Crippen LogP) is 4.56. The van der Waals surface area contributed by atoms with Gasteiger partial charge in [-0.2, -0.15) is 0 Å². The second-order valence-corrected chi connectivity index (χ2v) is 6.91. The van der Waals surface area contributed by atoms with E-state index in [4.69, 9.17) is 25.8 Å². The van der Waals surface area contributed by atoms with Gasteiger partial charge in [0, 0.05) is 0 Å². The molecule has 29 heavy (non-hydrogen) atoms. The Morgan fingerprint density at radius 3 is 2.38 bits per heavy atom. The number of rotatable bonds is 9. The third-order valence-electron chi connectivity index (χ3n) is 4.42. The highest BCUT2D eigenvalue weighted by atomic mass is 35.5. The van der Waals surface area contributed by atoms with E-state index in [0.717, 1.165) is 18.4 Å². The van der Waals surface area contributed by atoms with E-state index < -0.39 is 12.1 Å². The van der Waals surface area contributed by atoms with Crippen LogP contribution >= 0.6 is 11.6 Å². The van der Waals surface area contributed by atoms with E-state index in [1.807, 2.05) is 37.3 Å². The zero-order chi connectivity index (χ0) is 21.4. The Bertz CT molecular complexity index is 841. The second kappa shape index (κ2) is 10.7. The van der Waals surface area contributed by atoms with E-state index in [9.17, 15) is 9.59 Å². The molecule has 0 aliphatic carbocycles. The Hall–Kier alpha value is -2.73. The summed E-state index contributed by atoms with van der Waals surface area (Å²) in [6, 6.07) is 12.4. The van der Waals surface area contributed by atoms with Gasteiger partial charge in [0.1, 0.15) is 0 Å². The lowest BCUT2D eigenvalue weighted by molar-refractivity contribution is -0.129. The van der Waals surface area contributed by atoms with Crippen molar-refractivity contribution in [1.29, 1.82) is 0 Å². The van der Waals surface area contributed by atoms with Gasteiger partial charge in [-0.1, -0.05) is 55.3 Å². The molecule has 6 nitrogen and oxygen atoms in total. The van der Waals surface area contributed by atoms with Crippen LogP contribution in [0.15, 0.2) is 42.5 Å². The molecule has 0 bridgehead atoms. The second-order valence-electron chi connectivity index (χ2n) is 6.50. The molecular weight excluding hydrogens is 394 g/mol. The molecule has 2 aromatic rings. The molecule has 0 unspecified atom stereocenters. The summed E-state index contributed by atoms with van der Waals surface area (Å²) in [7, 11) is 2.89. The fourth-order valence-electron chi connectivity index (χ4n) is 2.90. The maximum atomic E-state index is 12.6. The summed E-state index contributed by atoms with van der Waals surface area (Å²) < 4.78 is 15.7. The third kappa shape index (κ3) is 5.87. The zero-order valence-electron chi connectivity index (χ0n) is 17.0. The first-order chi connectivity index (χ1) is 13.9. The molecule has 2 rings (SSSR count). The number of ether oxygens (including phenoxy) is 3. The molecule has 0 saturated heterocycles. The first-order valence-electron chi connectivity index (χ1n) is 9.39. The summed E-state index contributed by atoms with van der Waals surface area (Å²) in [5, 5.41) is 3.17. The minimum Gasteiger partial charge on any atom is -0.493 e. The largest absolute Gasteiger partial charge is 0.493 e. The molecule has 2 aromatic carbocycles. The fourth-order valence-corrected chi connectivity index (χ4v) is 3.19. The monoisotopic (exact) mass is 419 g/mol. The molecule has 2 atom stereocenters. The van der Waals surface area contributed by atoms with E-state index in [0.29, 0.717) is 11.5 Å². The van der Waals surface area contributed by atoms with Gasteiger partial charge in [-0.05, 0) is 31.0 Å². The normalized spacial score (nSPS) is 12.6. The average molecular weight is 420 g/mol. The average Bonchev–Trinajstić information content (AvgIpc) is 2.73. The van der Waals surface area contributed by atoms with Crippen molar-refractivity contribution in [3.8, 4) is 11.5 Å². The molecule has 7 heteroatoms. The van der Waals surface area contributed by atoms with Crippen LogP contribution in [0.25, 0.3) is 0 Å². The number of methoxy groups -OCH3 is 2. The van der Waals surface area contributed by atoms with Gasteiger partial charge in [-0.3, -0.25) is 4.79 Å². The van der Waals surface area contributed by atoms with Gasteiger partial charge >= 0.3 is 5.97 Å². The van der Waals surface area contributed by atoms with Crippen LogP contribution in [-0.2, 0) is 9.53 Å². The molecule has 0 spiro atoms. The van der Waals surface area contributed by atoms with Crippen molar-refractivity contribution in [2.75, 3.05) is 14.2 Å². The molecule has 1 amide bonds. The number of carbonyl (C=O) groups excluding carboxylic acids is 2. The number of amides is 1. The standard InChI is InChI=1S/C22H26ClNO5/c1-5-9-18(15-10-7-6-8-11-15)24-21(25)14(2)29-22(26)16-12-17(23)20(28-4)19(13-16)27-3/h6-8,10-14,18H,5,9H2,1-4H3,(H,24,25)/t14-,18+/m1/s1. The first kappa shape index (κ1) is 22.6. The fraction of sp³-hybridized carbons (Fsp3) is 0.364. The lowest BCUT2D eigenvalue weighted by Gasteiger charge is -2.21. The number of esters is 1. The minimum absolute atomic E-state index is 0.148. The van der Waals surface area contributed by atoms with Crippen LogP contribution < -0.4 is 14.8 Å². The van der Waals surface area contributed by atoms with Crippen molar-refractivity contribution in [2.45, 2.75) is 38.8 Å². The molecule has 0 heterocycles. The van der Waals surface area contributed by atoms with Gasteiger partial charge in [0.25, 0.3) is 5.91 Å². The minimum atomic E-state index is -0.975. The smallest absolute Gasteiger partial charge is 0.339 e. The van der Waals surface area contributed by atoms with E-state index in [1.165, 1.54) is 33.3 Å². The van der Waals surface area contributed by atoms with Crippen molar-refractivity contribution in [2.24, 2.45) is 0 Å². The zero-order valence-corrected chi connectivity index (χ0v) is 17.8. The van der Waals surface area contributed by atoms with E-state index >= 15 is 0 Å². The number of carbonyl (C=O) groups is 2. The molecule has 156 valence electrons. The van der Waals surface area contributed by atoms with Crippen molar-refractivity contribution >= 4 is 23.5 Å². The van der Waals surface area contributed by atoms with Crippen molar-refractivity contribution < 1.29 is 23.8 Å². The molecule has 0 aromatic heterocycles. The lowest BCUT2D eigenvalue weighted by atomic mass is 10.0. The van der Waals surface area contributed by atoms with Crippen LogP contribution in [0.5, 0.6) is 11.5 Å². The molecule has 0 aliphatic rings. The summed E-state index contributed by atoms with van der Waals surface area (Å²) in [5.41, 5.74) is 1.17. The van der Waals surface area contributed by atoms with Crippen LogP contribution in [0.4, 0.5) is 0 Å². The van der Waals surface area contributed by atoms with E-state index in [-0.39, 0.29) is 22.5 Å². The summed E-state index contributed by atoms with van der Waals surface area (Å²) in [6.07, 6.45) is 0.706. The van der Waals surface area contributed by atoms with E-state index in [2.05, 4.69) is 5.32 Å². The summed E-state index contributed by atoms with van der Waals surface area (Å²) >= 11 is 6.14. The van der Waals surface area contributed by atoms with Crippen LogP contribution in [0.1, 0.15) is 48.7 Å². The van der Waals surface area contributed by atoms with Gasteiger partial charge in [0.15, 0.2) is 17.6 Å². The van der Waals surface area contributed by atoms with Crippen LogP contribution in [0, 0.1) is 0 Å². The molecule has 0 saturated carbocycles. The topological polar surface area (TPSA) is 73.9 Å². The maximum absolute atomic E-state index is 12.6. The van der Waals surface area contributed by atoms with Crippen molar-refractivity contribution in [3.63, 3.8) is 0 Å². The lowest BCUT2D eigenvalue weighted by Crippen LogP contribution is -2.38. The van der Waals surface area contributed by atoms with Gasteiger partial charge in [-0.15, -0.1) is 0 Å². The van der Waals surface area contributed by atoms with Crippen molar-refractivity contribution in [1.82, 2.24) is 5.32 Å². The van der Waals surface area contributed by atoms with Crippen molar-refractivity contribution in [3.05, 3.63) is 58.6 Å². The molecule has 1 N–H and O–H groups in total. The molecule has 0 radical (unpaired) electrons. The highest BCUT2D eigenvalue weighted by molar-refractivity contribution is 6.32. The Labute approximate surface area is 176 Å². The number of benzene rings is 2. The van der Waals surface area contributed by atoms with Gasteiger partial charge < -0.3 is 19.5 Å². The van der Waals surface area contributed by atoms with Gasteiger partial charge in [-0.25, -0.2) is 4.79 Å². The maximum Gasteiger partial charge on any atom is 0.339 e. The van der Waals surface area contributed by atoms with Crippen LogP contribution in [-0.4, -0.2) is 32.2 Å². The van der Waals surface area contributed by atoms with Gasteiger partial charge in [0.05, 0.1) is 30.8 Å². The number of hydrogen-bond donors (Lipinski definition) is 1. The highest BCUT2D eigenvalue weighted by Crippen LogP contribution is 2.36. The van der Waals surface area contributed by atoms with Crippen LogP contribution in [0.3, 0.4) is 0 Å². The first-order valence-corrected chi connectivity index (χ1v) is 9.76. The van der Waals surface area contributed by atoms with E-state index in [1.54, 1.807) is 0 Å². The number of nitrogens with one attached hydrogen (secondary N) is 1. The number of halogens is 1. The molecule has 0 fully saturated rings. The predicted molar refractivity (Wildman–Crippen MR) is 112 cm³/mol. The number of hydrogen-bond acceptors (Lipinski definition) is 5. The summed E-state index contributed by atoms with van der Waals surface area (Å²) in [5.74, 6) is -0.424. The third-order valence-corrected chi connectivity index (χ3v) is 4.70. The van der Waals surface area contributed by atoms with Gasteiger partial charge in [0.2, 0.25) is 0 Å². The SMILES string of the molecule is CCC[C@H](NC(=O)[C@@H](C)OC(=O)c1cc(Cl)c(OC)c(OC)c1)c1ccccc1. The highest BCUT2D eigenvalue weighted by Gasteiger charge is 2.23. The molecular formula is C22H26ClNO5. The Morgan fingerprint density at radius 2 is 1.79 bits per heavy atom. The molecule has 0 aliphatic heterocycles. The Morgan fingerprint density at radius 1 is 1.10 bits per heavy atom. The Kier molecular flexibility index (Phi) is 8.34. The van der Waals surface area contributed by atoms with Crippen LogP contribution in [0.2, 0.25) is 5.02 Å². The summed E-state index contributed by atoms with van der Waals surface area (Å²) in [4.78, 5) is 25.1. The summed E-state index contributed by atoms with van der Waals surface area (Å²) in [6.45, 7) is 3.58. The quantitative estimate of drug-likeness (QED) is 0.603. The Balaban J connectivity index is 2.08.